The number of hydrogen-bond acceptors (Lipinski definition) is 2. The van der Waals surface area contributed by atoms with Crippen LogP contribution in [-0.4, -0.2) is 28.6 Å². The fourth-order valence-electron chi connectivity index (χ4n) is 1.43. The van der Waals surface area contributed by atoms with Crippen molar-refractivity contribution in [2.75, 3.05) is 14.1 Å². The Morgan fingerprint density at radius 2 is 1.83 bits per heavy atom. The molecule has 0 saturated heterocycles. The minimum absolute atomic E-state index is 0.800. The van der Waals surface area contributed by atoms with Crippen LogP contribution in [0.3, 0.4) is 0 Å². The number of thiocarbonyl (C=S) groups is 1. The Morgan fingerprint density at radius 1 is 1.25 bits per heavy atom. The number of hydrogen-bond donors (Lipinski definition) is 0. The molecule has 0 aromatic heterocycles. The van der Waals surface area contributed by atoms with Gasteiger partial charge in [0, 0.05) is 19.3 Å². The molecular formula is C9H17NS2. The van der Waals surface area contributed by atoms with Crippen molar-refractivity contribution in [3.63, 3.8) is 0 Å². The molecule has 0 N–H and O–H groups in total. The molecule has 1 rings (SSSR count). The second kappa shape index (κ2) is 5.07. The quantitative estimate of drug-likeness (QED) is 0.603. The lowest BCUT2D eigenvalue weighted by Gasteiger charge is -2.23. The van der Waals surface area contributed by atoms with Crippen LogP contribution in [0.1, 0.15) is 32.1 Å². The Labute approximate surface area is 84.9 Å². The van der Waals surface area contributed by atoms with Crippen LogP contribution in [0.5, 0.6) is 0 Å². The molecule has 1 fully saturated rings. The lowest BCUT2D eigenvalue weighted by molar-refractivity contribution is 0.516. The van der Waals surface area contributed by atoms with E-state index in [4.69, 9.17) is 12.2 Å². The summed E-state index contributed by atoms with van der Waals surface area (Å²) >= 11 is 7.13. The highest BCUT2D eigenvalue weighted by molar-refractivity contribution is 8.23. The van der Waals surface area contributed by atoms with Crippen molar-refractivity contribution in [1.29, 1.82) is 0 Å². The van der Waals surface area contributed by atoms with Gasteiger partial charge < -0.3 is 4.90 Å². The van der Waals surface area contributed by atoms with E-state index in [2.05, 4.69) is 0 Å². The summed E-state index contributed by atoms with van der Waals surface area (Å²) in [5.41, 5.74) is 0. The van der Waals surface area contributed by atoms with Crippen molar-refractivity contribution >= 4 is 28.3 Å². The van der Waals surface area contributed by atoms with Crippen LogP contribution in [-0.2, 0) is 0 Å². The monoisotopic (exact) mass is 203 g/mol. The molecule has 3 heteroatoms. The highest BCUT2D eigenvalue weighted by atomic mass is 32.2. The van der Waals surface area contributed by atoms with Crippen molar-refractivity contribution in [2.24, 2.45) is 0 Å². The van der Waals surface area contributed by atoms with Gasteiger partial charge >= 0.3 is 0 Å². The first kappa shape index (κ1) is 10.3. The summed E-state index contributed by atoms with van der Waals surface area (Å²) in [6, 6.07) is 0. The van der Waals surface area contributed by atoms with Gasteiger partial charge in [0.1, 0.15) is 4.32 Å². The molecule has 0 atom stereocenters. The van der Waals surface area contributed by atoms with Crippen molar-refractivity contribution < 1.29 is 0 Å². The second-order valence-electron chi connectivity index (χ2n) is 3.54. The smallest absolute Gasteiger partial charge is 0.136 e. The highest BCUT2D eigenvalue weighted by Gasteiger charge is 2.16. The molecule has 70 valence electrons. The molecule has 0 bridgehead atoms. The minimum Gasteiger partial charge on any atom is -0.364 e. The van der Waals surface area contributed by atoms with E-state index in [1.807, 2.05) is 30.8 Å². The highest BCUT2D eigenvalue weighted by Crippen LogP contribution is 2.29. The zero-order valence-electron chi connectivity index (χ0n) is 7.88. The minimum atomic E-state index is 0.800. The molecule has 12 heavy (non-hydrogen) atoms. The van der Waals surface area contributed by atoms with Gasteiger partial charge in [-0.25, -0.2) is 0 Å². The van der Waals surface area contributed by atoms with E-state index >= 15 is 0 Å². The van der Waals surface area contributed by atoms with Crippen LogP contribution in [0.25, 0.3) is 0 Å². The molecule has 0 aromatic rings. The van der Waals surface area contributed by atoms with Crippen LogP contribution in [0.15, 0.2) is 0 Å². The van der Waals surface area contributed by atoms with Crippen LogP contribution in [0.4, 0.5) is 0 Å². The molecule has 0 heterocycles. The van der Waals surface area contributed by atoms with Gasteiger partial charge in [0.25, 0.3) is 0 Å². The summed E-state index contributed by atoms with van der Waals surface area (Å²) < 4.78 is 1.04. The summed E-state index contributed by atoms with van der Waals surface area (Å²) in [7, 11) is 4.05. The third-order valence-electron chi connectivity index (χ3n) is 2.18. The van der Waals surface area contributed by atoms with Crippen molar-refractivity contribution in [3.05, 3.63) is 0 Å². The lowest BCUT2D eigenvalue weighted by atomic mass is 10.0. The third-order valence-corrected chi connectivity index (χ3v) is 4.21. The molecule has 0 aromatic carbocycles. The summed E-state index contributed by atoms with van der Waals surface area (Å²) in [5, 5.41) is 0.800. The Bertz CT molecular complexity index is 151. The molecular weight excluding hydrogens is 186 g/mol. The fourth-order valence-corrected chi connectivity index (χ4v) is 2.90. The van der Waals surface area contributed by atoms with Gasteiger partial charge in [0.15, 0.2) is 0 Å². The van der Waals surface area contributed by atoms with Gasteiger partial charge in [-0.15, -0.1) is 0 Å². The Hall–Kier alpha value is 0.240. The Morgan fingerprint density at radius 3 is 2.33 bits per heavy atom. The first-order valence-corrected chi connectivity index (χ1v) is 5.87. The predicted octanol–water partition coefficient (Wildman–Crippen LogP) is 2.90. The normalized spacial score (nSPS) is 19.2. The zero-order valence-corrected chi connectivity index (χ0v) is 9.51. The van der Waals surface area contributed by atoms with Gasteiger partial charge in [-0.05, 0) is 12.8 Å². The summed E-state index contributed by atoms with van der Waals surface area (Å²) in [6.07, 6.45) is 6.94. The summed E-state index contributed by atoms with van der Waals surface area (Å²) in [6.45, 7) is 0. The van der Waals surface area contributed by atoms with Crippen molar-refractivity contribution in [2.45, 2.75) is 37.4 Å². The maximum atomic E-state index is 5.25. The van der Waals surface area contributed by atoms with Crippen molar-refractivity contribution in [1.82, 2.24) is 4.90 Å². The molecule has 0 amide bonds. The fraction of sp³-hybridized carbons (Fsp3) is 0.889. The van der Waals surface area contributed by atoms with E-state index in [1.54, 1.807) is 0 Å². The van der Waals surface area contributed by atoms with Crippen LogP contribution in [0, 0.1) is 0 Å². The van der Waals surface area contributed by atoms with Gasteiger partial charge in [0.05, 0.1) is 0 Å². The molecule has 0 aliphatic heterocycles. The number of thioether (sulfide) groups is 1. The molecule has 1 saturated carbocycles. The Balaban J connectivity index is 2.24. The molecule has 1 aliphatic rings. The third kappa shape index (κ3) is 3.31. The van der Waals surface area contributed by atoms with Crippen LogP contribution < -0.4 is 0 Å². The first-order chi connectivity index (χ1) is 5.70. The van der Waals surface area contributed by atoms with Crippen molar-refractivity contribution in [3.8, 4) is 0 Å². The second-order valence-corrected chi connectivity index (χ2v) is 5.47. The van der Waals surface area contributed by atoms with Gasteiger partial charge in [-0.1, -0.05) is 43.2 Å². The van der Waals surface area contributed by atoms with E-state index in [1.165, 1.54) is 32.1 Å². The predicted molar refractivity (Wildman–Crippen MR) is 60.7 cm³/mol. The molecule has 0 radical (unpaired) electrons. The topological polar surface area (TPSA) is 3.24 Å². The summed E-state index contributed by atoms with van der Waals surface area (Å²) in [5.74, 6) is 0. The first-order valence-electron chi connectivity index (χ1n) is 4.58. The van der Waals surface area contributed by atoms with E-state index in [0.717, 1.165) is 9.57 Å². The van der Waals surface area contributed by atoms with Gasteiger partial charge in [-0.3, -0.25) is 0 Å². The molecule has 0 unspecified atom stereocenters. The average molecular weight is 203 g/mol. The van der Waals surface area contributed by atoms with Crippen LogP contribution >= 0.6 is 24.0 Å². The van der Waals surface area contributed by atoms with E-state index in [-0.39, 0.29) is 0 Å². The average Bonchev–Trinajstić information content (AvgIpc) is 2.06. The standard InChI is InChI=1S/C9H17NS2/c1-10(2)9(11)12-8-6-4-3-5-7-8/h8H,3-7H2,1-2H3. The number of nitrogens with zero attached hydrogens (tertiary/aromatic N) is 1. The molecule has 0 spiro atoms. The van der Waals surface area contributed by atoms with Gasteiger partial charge in [0.2, 0.25) is 0 Å². The maximum absolute atomic E-state index is 5.25. The molecule has 1 aliphatic carbocycles. The van der Waals surface area contributed by atoms with Gasteiger partial charge in [-0.2, -0.15) is 0 Å². The van der Waals surface area contributed by atoms with E-state index in [9.17, 15) is 0 Å². The van der Waals surface area contributed by atoms with Crippen LogP contribution in [0.2, 0.25) is 0 Å². The van der Waals surface area contributed by atoms with E-state index < -0.39 is 0 Å². The SMILES string of the molecule is CN(C)C(=S)SC1CCCCC1. The largest absolute Gasteiger partial charge is 0.364 e. The zero-order chi connectivity index (χ0) is 8.97. The van der Waals surface area contributed by atoms with E-state index in [0.29, 0.717) is 0 Å². The Kier molecular flexibility index (Phi) is 4.36. The maximum Gasteiger partial charge on any atom is 0.136 e. The summed E-state index contributed by atoms with van der Waals surface area (Å²) in [4.78, 5) is 2.04. The number of rotatable bonds is 1. The lowest BCUT2D eigenvalue weighted by Crippen LogP contribution is -2.20. The molecule has 1 nitrogen and oxygen atoms in total.